The molecule has 4 heterocycles. The Morgan fingerprint density at radius 1 is 1.05 bits per heavy atom. The smallest absolute Gasteiger partial charge is 0.147 e. The van der Waals surface area contributed by atoms with Crippen LogP contribution in [0.5, 0.6) is 11.5 Å². The third kappa shape index (κ3) is 5.17. The Labute approximate surface area is 232 Å². The Morgan fingerprint density at radius 3 is 2.62 bits per heavy atom. The Morgan fingerprint density at radius 2 is 1.85 bits per heavy atom. The van der Waals surface area contributed by atoms with Crippen molar-refractivity contribution >= 4 is 22.5 Å². The van der Waals surface area contributed by atoms with E-state index in [1.807, 2.05) is 48.5 Å². The van der Waals surface area contributed by atoms with Crippen LogP contribution in [0.25, 0.3) is 22.2 Å². The molecule has 200 valence electrons. The van der Waals surface area contributed by atoms with E-state index in [4.69, 9.17) is 15.2 Å². The lowest BCUT2D eigenvalue weighted by Gasteiger charge is -2.24. The maximum Gasteiger partial charge on any atom is 0.147 e. The first-order valence-corrected chi connectivity index (χ1v) is 13.3. The molecule has 9 nitrogen and oxygen atoms in total. The number of nitrogens with zero attached hydrogens (tertiary/aromatic N) is 5. The van der Waals surface area contributed by atoms with Crippen molar-refractivity contribution in [2.75, 3.05) is 30.8 Å². The first kappa shape index (κ1) is 25.3. The first-order chi connectivity index (χ1) is 19.7. The SMILES string of the molecule is N#Cc1c(NCCc2ccncc2)cccc1Oc1ccc(-c2cn(C3CCOCC3)c3ncnc(N)c23)cc1. The normalized spacial score (nSPS) is 13.7. The van der Waals surface area contributed by atoms with Crippen molar-refractivity contribution in [1.29, 1.82) is 5.26 Å². The molecule has 0 spiro atoms. The number of ether oxygens (including phenoxy) is 2. The van der Waals surface area contributed by atoms with E-state index >= 15 is 0 Å². The lowest BCUT2D eigenvalue weighted by atomic mass is 10.1. The topological polar surface area (TPSA) is 124 Å². The Bertz CT molecular complexity index is 1650. The van der Waals surface area contributed by atoms with Gasteiger partial charge in [0.1, 0.15) is 40.9 Å². The Kier molecular flexibility index (Phi) is 7.24. The van der Waals surface area contributed by atoms with E-state index < -0.39 is 0 Å². The summed E-state index contributed by atoms with van der Waals surface area (Å²) >= 11 is 0. The predicted octanol–water partition coefficient (Wildman–Crippen LogP) is 5.75. The number of hydrogen-bond donors (Lipinski definition) is 2. The van der Waals surface area contributed by atoms with E-state index in [1.165, 1.54) is 11.9 Å². The van der Waals surface area contributed by atoms with Gasteiger partial charge in [-0.25, -0.2) is 9.97 Å². The Balaban J connectivity index is 1.23. The first-order valence-electron chi connectivity index (χ1n) is 13.3. The minimum atomic E-state index is 0.303. The van der Waals surface area contributed by atoms with Gasteiger partial charge in [0.2, 0.25) is 0 Å². The van der Waals surface area contributed by atoms with Gasteiger partial charge in [-0.15, -0.1) is 0 Å². The number of nitriles is 1. The zero-order valence-corrected chi connectivity index (χ0v) is 22.0. The fourth-order valence-electron chi connectivity index (χ4n) is 5.17. The number of nitrogens with two attached hydrogens (primary N) is 1. The van der Waals surface area contributed by atoms with Gasteiger partial charge in [-0.05, 0) is 66.8 Å². The van der Waals surface area contributed by atoms with Gasteiger partial charge in [-0.2, -0.15) is 5.26 Å². The van der Waals surface area contributed by atoms with Crippen LogP contribution in [-0.2, 0) is 11.2 Å². The summed E-state index contributed by atoms with van der Waals surface area (Å²) in [5.41, 5.74) is 11.5. The molecule has 0 radical (unpaired) electrons. The second kappa shape index (κ2) is 11.4. The third-order valence-corrected chi connectivity index (χ3v) is 7.23. The van der Waals surface area contributed by atoms with Crippen LogP contribution >= 0.6 is 0 Å². The molecular weight excluding hydrogens is 502 g/mol. The summed E-state index contributed by atoms with van der Waals surface area (Å²) in [4.78, 5) is 12.9. The standard InChI is InChI=1S/C31H29N7O2/c32-18-25-27(35-15-10-21-8-13-34-14-9-21)2-1-3-28(25)40-24-6-4-22(5-7-24)26-19-38(23-11-16-39-17-12-23)31-29(26)30(33)36-20-37-31/h1-9,13-14,19-20,23,35H,10-12,15-17H2,(H2,33,36,37). The number of anilines is 2. The highest BCUT2D eigenvalue weighted by molar-refractivity contribution is 6.00. The van der Waals surface area contributed by atoms with E-state index in [9.17, 15) is 5.26 Å². The summed E-state index contributed by atoms with van der Waals surface area (Å²) in [7, 11) is 0. The van der Waals surface area contributed by atoms with Crippen molar-refractivity contribution in [3.63, 3.8) is 0 Å². The van der Waals surface area contributed by atoms with Gasteiger partial charge in [0.05, 0.1) is 11.1 Å². The molecule has 3 aromatic heterocycles. The quantitative estimate of drug-likeness (QED) is 0.260. The summed E-state index contributed by atoms with van der Waals surface area (Å²) in [6.45, 7) is 2.15. The minimum Gasteiger partial charge on any atom is -0.456 e. The van der Waals surface area contributed by atoms with Crippen LogP contribution in [0.2, 0.25) is 0 Å². The van der Waals surface area contributed by atoms with Gasteiger partial charge in [0, 0.05) is 50.0 Å². The van der Waals surface area contributed by atoms with Crippen molar-refractivity contribution in [3.05, 3.63) is 90.6 Å². The molecule has 3 N–H and O–H groups in total. The van der Waals surface area contributed by atoms with Crippen LogP contribution in [-0.4, -0.2) is 39.3 Å². The maximum absolute atomic E-state index is 9.91. The van der Waals surface area contributed by atoms with Gasteiger partial charge in [-0.3, -0.25) is 4.98 Å². The molecule has 1 fully saturated rings. The highest BCUT2D eigenvalue weighted by Gasteiger charge is 2.22. The molecule has 0 saturated carbocycles. The predicted molar refractivity (Wildman–Crippen MR) is 154 cm³/mol. The molecule has 9 heteroatoms. The van der Waals surface area contributed by atoms with Crippen LogP contribution in [0.3, 0.4) is 0 Å². The molecule has 40 heavy (non-hydrogen) atoms. The summed E-state index contributed by atoms with van der Waals surface area (Å²) in [6.07, 6.45) is 9.88. The maximum atomic E-state index is 9.91. The van der Waals surface area contributed by atoms with Gasteiger partial charge in [-0.1, -0.05) is 18.2 Å². The van der Waals surface area contributed by atoms with Crippen molar-refractivity contribution in [1.82, 2.24) is 19.5 Å². The van der Waals surface area contributed by atoms with Gasteiger partial charge in [0.15, 0.2) is 0 Å². The number of hydrogen-bond acceptors (Lipinski definition) is 8. The minimum absolute atomic E-state index is 0.303. The van der Waals surface area contributed by atoms with Crippen molar-refractivity contribution in [2.24, 2.45) is 0 Å². The Hall–Kier alpha value is -4.94. The number of rotatable bonds is 8. The monoisotopic (exact) mass is 531 g/mol. The van der Waals surface area contributed by atoms with E-state index in [0.29, 0.717) is 35.5 Å². The van der Waals surface area contributed by atoms with Crippen molar-refractivity contribution in [3.8, 4) is 28.7 Å². The van der Waals surface area contributed by atoms with E-state index in [2.05, 4.69) is 37.1 Å². The summed E-state index contributed by atoms with van der Waals surface area (Å²) in [5, 5.41) is 14.1. The highest BCUT2D eigenvalue weighted by Crippen LogP contribution is 2.37. The molecular formula is C31H29N7O2. The lowest BCUT2D eigenvalue weighted by Crippen LogP contribution is -2.19. The fraction of sp³-hybridized carbons (Fsp3) is 0.226. The number of benzene rings is 2. The number of aromatic nitrogens is 4. The molecule has 0 atom stereocenters. The largest absolute Gasteiger partial charge is 0.456 e. The molecule has 1 aliphatic heterocycles. The molecule has 5 aromatic rings. The van der Waals surface area contributed by atoms with E-state index in [-0.39, 0.29) is 0 Å². The number of nitrogen functional groups attached to an aromatic ring is 1. The van der Waals surface area contributed by atoms with E-state index in [0.717, 1.165) is 60.3 Å². The summed E-state index contributed by atoms with van der Waals surface area (Å²) in [5.74, 6) is 1.59. The van der Waals surface area contributed by atoms with Gasteiger partial charge in [0.25, 0.3) is 0 Å². The molecule has 6 rings (SSSR count). The van der Waals surface area contributed by atoms with Crippen LogP contribution < -0.4 is 15.8 Å². The average Bonchev–Trinajstić information content (AvgIpc) is 3.40. The van der Waals surface area contributed by atoms with E-state index in [1.54, 1.807) is 18.5 Å². The summed E-state index contributed by atoms with van der Waals surface area (Å²) < 4.78 is 13.9. The van der Waals surface area contributed by atoms with Crippen molar-refractivity contribution in [2.45, 2.75) is 25.3 Å². The zero-order valence-electron chi connectivity index (χ0n) is 22.0. The third-order valence-electron chi connectivity index (χ3n) is 7.23. The van der Waals surface area contributed by atoms with Crippen LogP contribution in [0.4, 0.5) is 11.5 Å². The second-order valence-corrected chi connectivity index (χ2v) is 9.70. The van der Waals surface area contributed by atoms with Gasteiger partial charge < -0.3 is 25.1 Å². The molecule has 0 amide bonds. The molecule has 1 aliphatic rings. The lowest BCUT2D eigenvalue weighted by molar-refractivity contribution is 0.0706. The number of nitrogens with one attached hydrogen (secondary N) is 1. The molecule has 0 bridgehead atoms. The fourth-order valence-corrected chi connectivity index (χ4v) is 5.17. The second-order valence-electron chi connectivity index (χ2n) is 9.70. The van der Waals surface area contributed by atoms with Gasteiger partial charge >= 0.3 is 0 Å². The average molecular weight is 532 g/mol. The van der Waals surface area contributed by atoms with Crippen LogP contribution in [0.15, 0.2) is 79.5 Å². The zero-order chi connectivity index (χ0) is 27.3. The molecule has 2 aromatic carbocycles. The number of pyridine rings is 1. The van der Waals surface area contributed by atoms with Crippen LogP contribution in [0, 0.1) is 11.3 Å². The number of fused-ring (bicyclic) bond motifs is 1. The van der Waals surface area contributed by atoms with Crippen molar-refractivity contribution < 1.29 is 9.47 Å². The summed E-state index contributed by atoms with van der Waals surface area (Å²) in [6, 6.07) is 19.9. The molecule has 1 saturated heterocycles. The van der Waals surface area contributed by atoms with Crippen LogP contribution in [0.1, 0.15) is 30.0 Å². The molecule has 0 aliphatic carbocycles. The highest BCUT2D eigenvalue weighted by atomic mass is 16.5. The molecule has 0 unspecified atom stereocenters.